The highest BCUT2D eigenvalue weighted by molar-refractivity contribution is 5.31. The van der Waals surface area contributed by atoms with Crippen molar-refractivity contribution in [2.45, 2.75) is 5.79 Å². The average molecular weight is 224 g/mol. The number of rotatable bonds is 3. The minimum Gasteiger partial charge on any atom is -0.447 e. The van der Waals surface area contributed by atoms with Gasteiger partial charge >= 0.3 is 0 Å². The minimum absolute atomic E-state index is 0.525. The van der Waals surface area contributed by atoms with Crippen LogP contribution < -0.4 is 4.74 Å². The summed E-state index contributed by atoms with van der Waals surface area (Å²) < 4.78 is 5.46. The Morgan fingerprint density at radius 2 is 1.47 bits per heavy atom. The molecule has 17 heavy (non-hydrogen) atoms. The molecule has 1 atom stereocenters. The van der Waals surface area contributed by atoms with Crippen LogP contribution in [0.4, 0.5) is 0 Å². The van der Waals surface area contributed by atoms with Crippen LogP contribution >= 0.6 is 0 Å². The van der Waals surface area contributed by atoms with E-state index >= 15 is 0 Å². The molecule has 1 N–H and O–H groups in total. The highest BCUT2D eigenvalue weighted by atomic mass is 16.6. The number of ether oxygens (including phenoxy) is 1. The SMILES string of the molecule is C#CC(O)(Oc1ccccc1)c1ccccc1. The predicted octanol–water partition coefficient (Wildman–Crippen LogP) is 2.54. The van der Waals surface area contributed by atoms with E-state index in [-0.39, 0.29) is 0 Å². The van der Waals surface area contributed by atoms with E-state index in [1.165, 1.54) is 0 Å². The lowest BCUT2D eigenvalue weighted by Gasteiger charge is -2.23. The van der Waals surface area contributed by atoms with Crippen LogP contribution in [0.5, 0.6) is 5.75 Å². The van der Waals surface area contributed by atoms with Gasteiger partial charge < -0.3 is 9.84 Å². The van der Waals surface area contributed by atoms with Crippen LogP contribution in [0.25, 0.3) is 0 Å². The summed E-state index contributed by atoms with van der Waals surface area (Å²) in [6.07, 6.45) is 5.36. The molecule has 0 saturated carbocycles. The molecule has 0 aliphatic rings. The molecule has 0 fully saturated rings. The maximum Gasteiger partial charge on any atom is 0.300 e. The Balaban J connectivity index is 2.31. The Hall–Kier alpha value is -2.24. The van der Waals surface area contributed by atoms with Gasteiger partial charge in [0.25, 0.3) is 5.79 Å². The number of hydrogen-bond donors (Lipinski definition) is 1. The molecule has 1 unspecified atom stereocenters. The van der Waals surface area contributed by atoms with Crippen molar-refractivity contribution in [1.29, 1.82) is 0 Å². The van der Waals surface area contributed by atoms with Crippen molar-refractivity contribution in [2.75, 3.05) is 0 Å². The third kappa shape index (κ3) is 2.47. The second-order valence-corrected chi connectivity index (χ2v) is 3.57. The monoisotopic (exact) mass is 224 g/mol. The quantitative estimate of drug-likeness (QED) is 0.641. The van der Waals surface area contributed by atoms with E-state index in [1.807, 2.05) is 24.3 Å². The molecule has 0 spiro atoms. The molecule has 0 heterocycles. The van der Waals surface area contributed by atoms with Gasteiger partial charge in [-0.1, -0.05) is 48.5 Å². The third-order valence-electron chi connectivity index (χ3n) is 2.37. The number of benzene rings is 2. The van der Waals surface area contributed by atoms with E-state index in [9.17, 15) is 5.11 Å². The van der Waals surface area contributed by atoms with Crippen molar-refractivity contribution in [3.63, 3.8) is 0 Å². The summed E-state index contributed by atoms with van der Waals surface area (Å²) >= 11 is 0. The molecule has 2 aromatic rings. The molecule has 2 rings (SSSR count). The number of para-hydroxylation sites is 1. The maximum absolute atomic E-state index is 10.3. The zero-order chi connectivity index (χ0) is 12.1. The molecule has 2 nitrogen and oxygen atoms in total. The standard InChI is InChI=1S/C15H12O2/c1-2-15(16,13-9-5-3-6-10-13)17-14-11-7-4-8-12-14/h1,3-12,16H. The molecule has 0 radical (unpaired) electrons. The molecule has 84 valence electrons. The number of hydrogen-bond acceptors (Lipinski definition) is 2. The molecule has 0 saturated heterocycles. The fourth-order valence-electron chi connectivity index (χ4n) is 1.49. The second-order valence-electron chi connectivity index (χ2n) is 3.57. The summed E-state index contributed by atoms with van der Waals surface area (Å²) in [6, 6.07) is 17.9. The zero-order valence-electron chi connectivity index (χ0n) is 9.21. The lowest BCUT2D eigenvalue weighted by Crippen LogP contribution is -2.30. The summed E-state index contributed by atoms with van der Waals surface area (Å²) in [7, 11) is 0. The van der Waals surface area contributed by atoms with Crippen LogP contribution in [-0.4, -0.2) is 5.11 Å². The first-order valence-electron chi connectivity index (χ1n) is 5.24. The fourth-order valence-corrected chi connectivity index (χ4v) is 1.49. The van der Waals surface area contributed by atoms with Gasteiger partial charge in [-0.25, -0.2) is 0 Å². The summed E-state index contributed by atoms with van der Waals surface area (Å²) in [5, 5.41) is 10.3. The molecule has 0 amide bonds. The Labute approximate surface area is 100 Å². The van der Waals surface area contributed by atoms with Gasteiger partial charge in [-0.15, -0.1) is 6.42 Å². The molecule has 2 heteroatoms. The van der Waals surface area contributed by atoms with E-state index in [0.717, 1.165) is 0 Å². The van der Waals surface area contributed by atoms with Crippen LogP contribution in [0.2, 0.25) is 0 Å². The van der Waals surface area contributed by atoms with Crippen LogP contribution in [0, 0.1) is 12.3 Å². The first kappa shape index (κ1) is 11.3. The Morgan fingerprint density at radius 3 is 2.00 bits per heavy atom. The fraction of sp³-hybridized carbons (Fsp3) is 0.0667. The van der Waals surface area contributed by atoms with Crippen molar-refractivity contribution in [1.82, 2.24) is 0 Å². The second kappa shape index (κ2) is 4.73. The molecular formula is C15H12O2. The first-order chi connectivity index (χ1) is 8.24. The van der Waals surface area contributed by atoms with Gasteiger partial charge in [-0.2, -0.15) is 0 Å². The van der Waals surface area contributed by atoms with Gasteiger partial charge in [0.15, 0.2) is 0 Å². The highest BCUT2D eigenvalue weighted by Crippen LogP contribution is 2.24. The average Bonchev–Trinajstić information content (AvgIpc) is 2.41. The topological polar surface area (TPSA) is 29.5 Å². The van der Waals surface area contributed by atoms with Crippen molar-refractivity contribution in [2.24, 2.45) is 0 Å². The first-order valence-corrected chi connectivity index (χ1v) is 5.24. The van der Waals surface area contributed by atoms with Crippen molar-refractivity contribution in [3.8, 4) is 18.1 Å². The summed E-state index contributed by atoms with van der Waals surface area (Å²) in [6.45, 7) is 0. The van der Waals surface area contributed by atoms with Crippen LogP contribution in [-0.2, 0) is 5.79 Å². The van der Waals surface area contributed by atoms with Gasteiger partial charge in [-0.3, -0.25) is 0 Å². The van der Waals surface area contributed by atoms with Crippen LogP contribution in [0.1, 0.15) is 5.56 Å². The molecule has 2 aromatic carbocycles. The van der Waals surface area contributed by atoms with E-state index < -0.39 is 5.79 Å². The zero-order valence-corrected chi connectivity index (χ0v) is 9.21. The van der Waals surface area contributed by atoms with Gasteiger partial charge in [0.05, 0.1) is 0 Å². The molecule has 0 aliphatic carbocycles. The van der Waals surface area contributed by atoms with E-state index in [1.54, 1.807) is 36.4 Å². The van der Waals surface area contributed by atoms with Crippen molar-refractivity contribution < 1.29 is 9.84 Å². The Bertz CT molecular complexity index is 514. The van der Waals surface area contributed by atoms with E-state index in [4.69, 9.17) is 11.2 Å². The van der Waals surface area contributed by atoms with Crippen LogP contribution in [0.15, 0.2) is 60.7 Å². The third-order valence-corrected chi connectivity index (χ3v) is 2.37. The van der Waals surface area contributed by atoms with Crippen molar-refractivity contribution in [3.05, 3.63) is 66.2 Å². The van der Waals surface area contributed by atoms with E-state index in [2.05, 4.69) is 5.92 Å². The lowest BCUT2D eigenvalue weighted by molar-refractivity contribution is -0.0918. The van der Waals surface area contributed by atoms with E-state index in [0.29, 0.717) is 11.3 Å². The minimum atomic E-state index is -1.73. The van der Waals surface area contributed by atoms with Crippen molar-refractivity contribution >= 4 is 0 Å². The normalized spacial score (nSPS) is 13.4. The number of aliphatic hydroxyl groups is 1. The highest BCUT2D eigenvalue weighted by Gasteiger charge is 2.28. The Morgan fingerprint density at radius 1 is 0.941 bits per heavy atom. The Kier molecular flexibility index (Phi) is 3.13. The molecule has 0 aromatic heterocycles. The largest absolute Gasteiger partial charge is 0.447 e. The lowest BCUT2D eigenvalue weighted by atomic mass is 10.1. The van der Waals surface area contributed by atoms with Crippen LogP contribution in [0.3, 0.4) is 0 Å². The number of terminal acetylenes is 1. The predicted molar refractivity (Wildman–Crippen MR) is 66.2 cm³/mol. The summed E-state index contributed by atoms with van der Waals surface area (Å²) in [5.74, 6) is 1.07. The van der Waals surface area contributed by atoms with Gasteiger partial charge in [-0.05, 0) is 18.1 Å². The van der Waals surface area contributed by atoms with Gasteiger partial charge in [0, 0.05) is 5.56 Å². The summed E-state index contributed by atoms with van der Waals surface area (Å²) in [5.41, 5.74) is 0.534. The molecule has 0 aliphatic heterocycles. The van der Waals surface area contributed by atoms with Gasteiger partial charge in [0.1, 0.15) is 5.75 Å². The van der Waals surface area contributed by atoms with Gasteiger partial charge in [0.2, 0.25) is 0 Å². The molecule has 0 bridgehead atoms. The summed E-state index contributed by atoms with van der Waals surface area (Å²) in [4.78, 5) is 0. The smallest absolute Gasteiger partial charge is 0.300 e. The molecular weight excluding hydrogens is 212 g/mol. The maximum atomic E-state index is 10.3.